The highest BCUT2D eigenvalue weighted by atomic mass is 19.1. The average molecular weight is 404 g/mol. The van der Waals surface area contributed by atoms with Crippen molar-refractivity contribution >= 4 is 22.8 Å². The van der Waals surface area contributed by atoms with Gasteiger partial charge in [0.15, 0.2) is 5.82 Å². The summed E-state index contributed by atoms with van der Waals surface area (Å²) in [5.74, 6) is -1.26. The number of aliphatic hydroxyl groups is 1. The second-order valence-electron chi connectivity index (χ2n) is 6.64. The molecule has 3 rings (SSSR count). The van der Waals surface area contributed by atoms with Crippen molar-refractivity contribution < 1.29 is 28.2 Å². The number of aryl methyl sites for hydroxylation is 2. The number of carbonyl (C=O) groups is 2. The van der Waals surface area contributed by atoms with Gasteiger partial charge in [-0.3, -0.25) is 14.3 Å². The maximum atomic E-state index is 13.7. The van der Waals surface area contributed by atoms with Gasteiger partial charge in [0, 0.05) is 12.4 Å². The summed E-state index contributed by atoms with van der Waals surface area (Å²) in [6.07, 6.45) is -0.0660. The lowest BCUT2D eigenvalue weighted by Crippen LogP contribution is -2.50. The van der Waals surface area contributed by atoms with Gasteiger partial charge in [-0.2, -0.15) is 5.10 Å². The minimum absolute atomic E-state index is 0.0576. The first-order valence-corrected chi connectivity index (χ1v) is 8.79. The Bertz CT molecular complexity index is 1050. The van der Waals surface area contributed by atoms with E-state index >= 15 is 0 Å². The fourth-order valence-electron chi connectivity index (χ4n) is 2.96. The van der Waals surface area contributed by atoms with Gasteiger partial charge in [0.05, 0.1) is 17.9 Å². The molecule has 1 aromatic carbocycles. The van der Waals surface area contributed by atoms with Gasteiger partial charge in [0.1, 0.15) is 35.4 Å². The van der Waals surface area contributed by atoms with Crippen molar-refractivity contribution in [2.45, 2.75) is 32.6 Å². The molecule has 0 aliphatic heterocycles. The molecule has 9 nitrogen and oxygen atoms in total. The molecule has 2 amide bonds. The van der Waals surface area contributed by atoms with Gasteiger partial charge in [-0.1, -0.05) is 0 Å². The lowest BCUT2D eigenvalue weighted by atomic mass is 10.1. The molecule has 2 atom stereocenters. The molecule has 0 saturated carbocycles. The number of benzene rings is 1. The summed E-state index contributed by atoms with van der Waals surface area (Å²) < 4.78 is 26.3. The topological polar surface area (TPSA) is 133 Å². The number of halogens is 1. The van der Waals surface area contributed by atoms with Crippen LogP contribution >= 0.6 is 0 Å². The van der Waals surface area contributed by atoms with E-state index in [-0.39, 0.29) is 17.9 Å². The van der Waals surface area contributed by atoms with Crippen LogP contribution in [0, 0.1) is 12.7 Å². The SMILES string of the molecule is Cc1oc2ccc(OCc3c(F)cnn3C)cc2c1C(=O)N[C@H](C(N)=O)[C@@H](C)O. The summed E-state index contributed by atoms with van der Waals surface area (Å²) in [6.45, 7) is 2.89. The van der Waals surface area contributed by atoms with Crippen LogP contribution in [0.2, 0.25) is 0 Å². The number of primary amides is 1. The number of carbonyl (C=O) groups excluding carboxylic acids is 2. The van der Waals surface area contributed by atoms with E-state index in [0.717, 1.165) is 6.20 Å². The number of hydrogen-bond acceptors (Lipinski definition) is 6. The van der Waals surface area contributed by atoms with Gasteiger partial charge in [-0.05, 0) is 32.0 Å². The number of nitrogens with two attached hydrogens (primary N) is 1. The number of nitrogens with zero attached hydrogens (tertiary/aromatic N) is 2. The smallest absolute Gasteiger partial charge is 0.256 e. The summed E-state index contributed by atoms with van der Waals surface area (Å²) >= 11 is 0. The van der Waals surface area contributed by atoms with Crippen LogP contribution < -0.4 is 15.8 Å². The summed E-state index contributed by atoms with van der Waals surface area (Å²) in [6, 6.07) is 3.58. The Balaban J connectivity index is 1.88. The summed E-state index contributed by atoms with van der Waals surface area (Å²) in [4.78, 5) is 24.2. The highest BCUT2D eigenvalue weighted by molar-refractivity contribution is 6.08. The third kappa shape index (κ3) is 4.06. The fourth-order valence-corrected chi connectivity index (χ4v) is 2.96. The average Bonchev–Trinajstić information content (AvgIpc) is 3.15. The van der Waals surface area contributed by atoms with Gasteiger partial charge in [0.25, 0.3) is 5.91 Å². The first-order valence-electron chi connectivity index (χ1n) is 8.79. The van der Waals surface area contributed by atoms with Crippen LogP contribution in [0.25, 0.3) is 11.0 Å². The van der Waals surface area contributed by atoms with Crippen molar-refractivity contribution in [1.82, 2.24) is 15.1 Å². The second kappa shape index (κ2) is 7.92. The maximum Gasteiger partial charge on any atom is 0.256 e. The summed E-state index contributed by atoms with van der Waals surface area (Å²) in [5.41, 5.74) is 6.11. The van der Waals surface area contributed by atoms with Gasteiger partial charge >= 0.3 is 0 Å². The van der Waals surface area contributed by atoms with Crippen LogP contribution in [0.3, 0.4) is 0 Å². The van der Waals surface area contributed by atoms with Crippen LogP contribution in [0.4, 0.5) is 4.39 Å². The van der Waals surface area contributed by atoms with E-state index in [1.807, 2.05) is 0 Å². The van der Waals surface area contributed by atoms with Gasteiger partial charge < -0.3 is 25.3 Å². The molecule has 0 radical (unpaired) electrons. The van der Waals surface area contributed by atoms with Gasteiger partial charge in [-0.25, -0.2) is 4.39 Å². The van der Waals surface area contributed by atoms with E-state index in [2.05, 4.69) is 10.4 Å². The van der Waals surface area contributed by atoms with Crippen molar-refractivity contribution in [3.8, 4) is 5.75 Å². The molecule has 0 spiro atoms. The van der Waals surface area contributed by atoms with E-state index in [0.29, 0.717) is 22.5 Å². The third-order valence-electron chi connectivity index (χ3n) is 4.52. The molecule has 0 aliphatic carbocycles. The Labute approximate surface area is 165 Å². The third-order valence-corrected chi connectivity index (χ3v) is 4.52. The Morgan fingerprint density at radius 2 is 2.17 bits per heavy atom. The van der Waals surface area contributed by atoms with Crippen molar-refractivity contribution in [2.24, 2.45) is 12.8 Å². The predicted octanol–water partition coefficient (Wildman–Crippen LogP) is 1.16. The number of ether oxygens (including phenoxy) is 1. The molecular weight excluding hydrogens is 383 g/mol. The van der Waals surface area contributed by atoms with Crippen LogP contribution in [0.5, 0.6) is 5.75 Å². The molecule has 29 heavy (non-hydrogen) atoms. The molecule has 0 bridgehead atoms. The molecule has 2 heterocycles. The molecule has 10 heteroatoms. The first kappa shape index (κ1) is 20.3. The Hall–Kier alpha value is -3.40. The number of nitrogens with one attached hydrogen (secondary N) is 1. The number of fused-ring (bicyclic) bond motifs is 1. The van der Waals surface area contributed by atoms with Crippen LogP contribution in [-0.4, -0.2) is 38.8 Å². The number of rotatable bonds is 7. The minimum Gasteiger partial charge on any atom is -0.487 e. The lowest BCUT2D eigenvalue weighted by molar-refractivity contribution is -0.122. The molecule has 2 aromatic heterocycles. The molecule has 3 aromatic rings. The van der Waals surface area contributed by atoms with Crippen LogP contribution in [0.1, 0.15) is 28.7 Å². The highest BCUT2D eigenvalue weighted by Crippen LogP contribution is 2.29. The molecule has 4 N–H and O–H groups in total. The second-order valence-corrected chi connectivity index (χ2v) is 6.64. The zero-order chi connectivity index (χ0) is 21.3. The molecule has 0 unspecified atom stereocenters. The predicted molar refractivity (Wildman–Crippen MR) is 101 cm³/mol. The largest absolute Gasteiger partial charge is 0.487 e. The standard InChI is InChI=1S/C19H21FN4O5/c1-9(25)17(18(21)26)23-19(27)16-10(2)29-15-5-4-11(6-12(15)16)28-8-14-13(20)7-22-24(14)3/h4-7,9,17,25H,8H2,1-3H3,(H2,21,26)(H,23,27)/t9-,17+/m1/s1. The number of hydrogen-bond donors (Lipinski definition) is 3. The van der Waals surface area contributed by atoms with Crippen molar-refractivity contribution in [3.63, 3.8) is 0 Å². The quantitative estimate of drug-likeness (QED) is 0.541. The summed E-state index contributed by atoms with van der Waals surface area (Å²) in [5, 5.41) is 16.3. The Kier molecular flexibility index (Phi) is 5.55. The first-order chi connectivity index (χ1) is 13.7. The van der Waals surface area contributed by atoms with Gasteiger partial charge in [-0.15, -0.1) is 0 Å². The van der Waals surface area contributed by atoms with Crippen molar-refractivity contribution in [2.75, 3.05) is 0 Å². The number of amides is 2. The van der Waals surface area contributed by atoms with Gasteiger partial charge in [0.2, 0.25) is 5.91 Å². The minimum atomic E-state index is -1.25. The zero-order valence-electron chi connectivity index (χ0n) is 16.1. The Morgan fingerprint density at radius 1 is 1.45 bits per heavy atom. The lowest BCUT2D eigenvalue weighted by Gasteiger charge is -2.17. The van der Waals surface area contributed by atoms with E-state index in [9.17, 15) is 19.1 Å². The number of furan rings is 1. The van der Waals surface area contributed by atoms with E-state index in [1.54, 1.807) is 32.2 Å². The number of aromatic nitrogens is 2. The Morgan fingerprint density at radius 3 is 2.76 bits per heavy atom. The van der Waals surface area contributed by atoms with Crippen molar-refractivity contribution in [3.05, 3.63) is 47.2 Å². The number of aliphatic hydroxyl groups excluding tert-OH is 1. The molecule has 0 fully saturated rings. The normalized spacial score (nSPS) is 13.3. The van der Waals surface area contributed by atoms with E-state index < -0.39 is 29.8 Å². The highest BCUT2D eigenvalue weighted by Gasteiger charge is 2.27. The summed E-state index contributed by atoms with van der Waals surface area (Å²) in [7, 11) is 1.60. The molecule has 0 aliphatic rings. The molecular formula is C19H21FN4O5. The van der Waals surface area contributed by atoms with Crippen LogP contribution in [0.15, 0.2) is 28.8 Å². The van der Waals surface area contributed by atoms with Crippen molar-refractivity contribution in [1.29, 1.82) is 0 Å². The monoisotopic (exact) mass is 404 g/mol. The van der Waals surface area contributed by atoms with E-state index in [1.165, 1.54) is 11.6 Å². The zero-order valence-corrected chi connectivity index (χ0v) is 16.1. The molecule has 0 saturated heterocycles. The molecule has 154 valence electrons. The fraction of sp³-hybridized carbons (Fsp3) is 0.316. The maximum absolute atomic E-state index is 13.7. The van der Waals surface area contributed by atoms with Crippen LogP contribution in [-0.2, 0) is 18.4 Å². The van der Waals surface area contributed by atoms with E-state index in [4.69, 9.17) is 14.9 Å².